The number of benzene rings is 1. The number of ether oxygens (including phenoxy) is 2. The molecule has 1 aromatic rings. The third-order valence-corrected chi connectivity index (χ3v) is 6.83. The van der Waals surface area contributed by atoms with Gasteiger partial charge in [0.15, 0.2) is 11.5 Å². The average molecular weight is 331 g/mol. The van der Waals surface area contributed by atoms with E-state index in [0.717, 1.165) is 43.3 Å². The molecule has 1 spiro atoms. The standard InChI is InChI=1S/C20H26FNO2/c1-23-17-4-2-3-15-18(17)24-19-16(21)8-7-14-12-22(11-13-5-6-13)10-9-20(14,15)19/h2-4,13-14,16,19H,5-12H2,1H3. The summed E-state index contributed by atoms with van der Waals surface area (Å²) in [7, 11) is 1.67. The lowest BCUT2D eigenvalue weighted by molar-refractivity contribution is -0.0507. The Hall–Kier alpha value is -1.29. The smallest absolute Gasteiger partial charge is 0.165 e. The van der Waals surface area contributed by atoms with Gasteiger partial charge in [-0.25, -0.2) is 4.39 Å². The van der Waals surface area contributed by atoms with Crippen LogP contribution in [-0.2, 0) is 5.41 Å². The molecule has 5 rings (SSSR count). The number of alkyl halides is 1. The van der Waals surface area contributed by atoms with Gasteiger partial charge in [0.2, 0.25) is 0 Å². The summed E-state index contributed by atoms with van der Waals surface area (Å²) in [5, 5.41) is 0. The Labute approximate surface area is 143 Å². The SMILES string of the molecule is COc1cccc2c1OC1C(F)CCC3CN(CC4CC4)CCC231. The highest BCUT2D eigenvalue weighted by Crippen LogP contribution is 2.59. The van der Waals surface area contributed by atoms with Crippen molar-refractivity contribution in [1.82, 2.24) is 4.90 Å². The molecular formula is C20H26FNO2. The first-order valence-corrected chi connectivity index (χ1v) is 9.43. The van der Waals surface area contributed by atoms with Crippen molar-refractivity contribution >= 4 is 0 Å². The van der Waals surface area contributed by atoms with Crippen LogP contribution in [-0.4, -0.2) is 43.9 Å². The van der Waals surface area contributed by atoms with Crippen LogP contribution in [0.3, 0.4) is 0 Å². The van der Waals surface area contributed by atoms with Crippen molar-refractivity contribution in [2.45, 2.75) is 49.8 Å². The summed E-state index contributed by atoms with van der Waals surface area (Å²) in [6.07, 6.45) is 4.20. The molecule has 0 bridgehead atoms. The first-order valence-electron chi connectivity index (χ1n) is 9.43. The van der Waals surface area contributed by atoms with Crippen molar-refractivity contribution in [1.29, 1.82) is 0 Å². The largest absolute Gasteiger partial charge is 0.493 e. The van der Waals surface area contributed by atoms with Gasteiger partial charge < -0.3 is 14.4 Å². The van der Waals surface area contributed by atoms with E-state index >= 15 is 0 Å². The number of likely N-dealkylation sites (tertiary alicyclic amines) is 1. The molecule has 2 aliphatic heterocycles. The molecule has 2 aliphatic carbocycles. The number of piperidine rings is 1. The highest BCUT2D eigenvalue weighted by atomic mass is 19.1. The Morgan fingerprint density at radius 3 is 2.96 bits per heavy atom. The Morgan fingerprint density at radius 1 is 1.29 bits per heavy atom. The van der Waals surface area contributed by atoms with Crippen LogP contribution in [0.1, 0.15) is 37.7 Å². The third kappa shape index (κ3) is 2.05. The van der Waals surface area contributed by atoms with Crippen LogP contribution in [0.2, 0.25) is 0 Å². The minimum atomic E-state index is -0.867. The zero-order valence-corrected chi connectivity index (χ0v) is 14.3. The number of nitrogens with zero attached hydrogens (tertiary/aromatic N) is 1. The number of fused-ring (bicyclic) bond motifs is 1. The van der Waals surface area contributed by atoms with E-state index in [1.165, 1.54) is 24.9 Å². The first-order chi connectivity index (χ1) is 11.7. The second-order valence-corrected chi connectivity index (χ2v) is 8.16. The zero-order valence-electron chi connectivity index (χ0n) is 14.3. The predicted molar refractivity (Wildman–Crippen MR) is 90.5 cm³/mol. The third-order valence-electron chi connectivity index (χ3n) is 6.83. The van der Waals surface area contributed by atoms with Crippen molar-refractivity contribution in [3.8, 4) is 11.5 Å². The molecule has 3 nitrogen and oxygen atoms in total. The molecule has 4 heteroatoms. The molecule has 1 saturated heterocycles. The van der Waals surface area contributed by atoms with Crippen molar-refractivity contribution < 1.29 is 13.9 Å². The monoisotopic (exact) mass is 331 g/mol. The fraction of sp³-hybridized carbons (Fsp3) is 0.700. The highest BCUT2D eigenvalue weighted by Gasteiger charge is 2.61. The van der Waals surface area contributed by atoms with Gasteiger partial charge in [-0.3, -0.25) is 0 Å². The molecule has 130 valence electrons. The van der Waals surface area contributed by atoms with Crippen molar-refractivity contribution in [2.75, 3.05) is 26.7 Å². The number of hydrogen-bond acceptors (Lipinski definition) is 3. The summed E-state index contributed by atoms with van der Waals surface area (Å²) in [6.45, 7) is 3.40. The van der Waals surface area contributed by atoms with Gasteiger partial charge in [-0.2, -0.15) is 0 Å². The van der Waals surface area contributed by atoms with Gasteiger partial charge in [-0.05, 0) is 56.6 Å². The molecule has 0 amide bonds. The number of rotatable bonds is 3. The van der Waals surface area contributed by atoms with Crippen LogP contribution >= 0.6 is 0 Å². The summed E-state index contributed by atoms with van der Waals surface area (Å²) in [6, 6.07) is 6.12. The summed E-state index contributed by atoms with van der Waals surface area (Å²) in [5.74, 6) is 2.97. The van der Waals surface area contributed by atoms with E-state index in [9.17, 15) is 4.39 Å². The van der Waals surface area contributed by atoms with Gasteiger partial charge in [0.1, 0.15) is 12.3 Å². The van der Waals surface area contributed by atoms with E-state index in [1.807, 2.05) is 12.1 Å². The minimum absolute atomic E-state index is 0.151. The van der Waals surface area contributed by atoms with Gasteiger partial charge in [-0.1, -0.05) is 12.1 Å². The van der Waals surface area contributed by atoms with E-state index in [2.05, 4.69) is 11.0 Å². The Bertz CT molecular complexity index is 647. The maximum absolute atomic E-state index is 14.8. The fourth-order valence-electron chi connectivity index (χ4n) is 5.48. The number of para-hydroxylation sites is 1. The first kappa shape index (κ1) is 15.0. The molecular weight excluding hydrogens is 305 g/mol. The van der Waals surface area contributed by atoms with Crippen LogP contribution in [0.25, 0.3) is 0 Å². The maximum atomic E-state index is 14.8. The zero-order chi connectivity index (χ0) is 16.3. The van der Waals surface area contributed by atoms with E-state index in [4.69, 9.17) is 9.47 Å². The van der Waals surface area contributed by atoms with Crippen LogP contribution in [0.15, 0.2) is 18.2 Å². The molecule has 4 aliphatic rings. The molecule has 0 radical (unpaired) electrons. The Morgan fingerprint density at radius 2 is 2.17 bits per heavy atom. The minimum Gasteiger partial charge on any atom is -0.493 e. The van der Waals surface area contributed by atoms with Crippen LogP contribution < -0.4 is 9.47 Å². The number of hydrogen-bond donors (Lipinski definition) is 0. The van der Waals surface area contributed by atoms with Crippen LogP contribution in [0, 0.1) is 11.8 Å². The molecule has 0 N–H and O–H groups in total. The van der Waals surface area contributed by atoms with E-state index in [0.29, 0.717) is 12.3 Å². The van der Waals surface area contributed by atoms with Gasteiger partial charge in [-0.15, -0.1) is 0 Å². The van der Waals surface area contributed by atoms with Gasteiger partial charge >= 0.3 is 0 Å². The summed E-state index contributed by atoms with van der Waals surface area (Å²) in [5.41, 5.74) is 1.05. The molecule has 24 heavy (non-hydrogen) atoms. The molecule has 3 fully saturated rings. The van der Waals surface area contributed by atoms with Gasteiger partial charge in [0.05, 0.1) is 7.11 Å². The van der Waals surface area contributed by atoms with Gasteiger partial charge in [0, 0.05) is 24.1 Å². The molecule has 1 aromatic carbocycles. The van der Waals surface area contributed by atoms with Crippen molar-refractivity contribution in [2.24, 2.45) is 11.8 Å². The van der Waals surface area contributed by atoms with Crippen LogP contribution in [0.5, 0.6) is 11.5 Å². The van der Waals surface area contributed by atoms with Crippen molar-refractivity contribution in [3.05, 3.63) is 23.8 Å². The average Bonchev–Trinajstić information content (AvgIpc) is 3.35. The Kier molecular flexibility index (Phi) is 3.35. The lowest BCUT2D eigenvalue weighted by Gasteiger charge is -2.51. The van der Waals surface area contributed by atoms with E-state index in [1.54, 1.807) is 7.11 Å². The summed E-state index contributed by atoms with van der Waals surface area (Å²) in [4.78, 5) is 2.63. The topological polar surface area (TPSA) is 21.7 Å². The predicted octanol–water partition coefficient (Wildman–Crippen LogP) is 3.56. The van der Waals surface area contributed by atoms with Crippen molar-refractivity contribution in [3.63, 3.8) is 0 Å². The molecule has 4 atom stereocenters. The number of halogens is 1. The lowest BCUT2D eigenvalue weighted by atomic mass is 9.58. The van der Waals surface area contributed by atoms with Gasteiger partial charge in [0.25, 0.3) is 0 Å². The molecule has 4 unspecified atom stereocenters. The molecule has 0 aromatic heterocycles. The second-order valence-electron chi connectivity index (χ2n) is 8.16. The molecule has 2 heterocycles. The summed E-state index contributed by atoms with van der Waals surface area (Å²) < 4.78 is 26.6. The Balaban J connectivity index is 1.53. The fourth-order valence-corrected chi connectivity index (χ4v) is 5.48. The quantitative estimate of drug-likeness (QED) is 0.845. The number of methoxy groups -OCH3 is 1. The highest BCUT2D eigenvalue weighted by molar-refractivity contribution is 5.55. The lowest BCUT2D eigenvalue weighted by Crippen LogP contribution is -2.60. The normalized spacial score (nSPS) is 38.0. The summed E-state index contributed by atoms with van der Waals surface area (Å²) >= 11 is 0. The second kappa shape index (κ2) is 5.35. The maximum Gasteiger partial charge on any atom is 0.165 e. The van der Waals surface area contributed by atoms with E-state index in [-0.39, 0.29) is 11.5 Å². The van der Waals surface area contributed by atoms with Crippen LogP contribution in [0.4, 0.5) is 4.39 Å². The molecule has 2 saturated carbocycles. The van der Waals surface area contributed by atoms with E-state index < -0.39 is 6.17 Å².